The minimum absolute atomic E-state index is 0.0396. The maximum absolute atomic E-state index is 12.8. The first-order valence-electron chi connectivity index (χ1n) is 10.3. The summed E-state index contributed by atoms with van der Waals surface area (Å²) in [7, 11) is 1.38. The van der Waals surface area contributed by atoms with Crippen LogP contribution in [-0.2, 0) is 19.1 Å². The molecule has 1 amide bonds. The Morgan fingerprint density at radius 2 is 2.15 bits per heavy atom. The lowest BCUT2D eigenvalue weighted by Crippen LogP contribution is -2.30. The summed E-state index contributed by atoms with van der Waals surface area (Å²) >= 11 is 0. The minimum Gasteiger partial charge on any atom is -0.507 e. The van der Waals surface area contributed by atoms with Crippen molar-refractivity contribution in [2.75, 3.05) is 7.11 Å². The van der Waals surface area contributed by atoms with Crippen LogP contribution < -0.4 is 5.32 Å². The van der Waals surface area contributed by atoms with Gasteiger partial charge in [-0.1, -0.05) is 35.5 Å². The number of phenolic OH excluding ortho intramolecular Hbond substituents is 1. The number of cyclic esters (lactones) is 1. The molecule has 0 spiro atoms. The van der Waals surface area contributed by atoms with Gasteiger partial charge in [-0.25, -0.2) is 4.79 Å². The number of fused-ring (bicyclic) bond motifs is 2. The summed E-state index contributed by atoms with van der Waals surface area (Å²) in [6, 6.07) is 4.55. The fourth-order valence-corrected chi connectivity index (χ4v) is 3.39. The van der Waals surface area contributed by atoms with Crippen molar-refractivity contribution >= 4 is 24.2 Å². The van der Waals surface area contributed by atoms with Gasteiger partial charge in [0.05, 0.1) is 12.3 Å². The number of hydrogen-bond donors (Lipinski definition) is 4. The third kappa shape index (κ3) is 6.75. The van der Waals surface area contributed by atoms with Gasteiger partial charge in [0.25, 0.3) is 0 Å². The highest BCUT2D eigenvalue weighted by Gasteiger charge is 2.48. The van der Waals surface area contributed by atoms with Crippen LogP contribution in [0.3, 0.4) is 0 Å². The Morgan fingerprint density at radius 3 is 2.94 bits per heavy atom. The molecule has 3 rings (SSSR count). The Kier molecular flexibility index (Phi) is 8.36. The highest BCUT2D eigenvalue weighted by Crippen LogP contribution is 2.33. The largest absolute Gasteiger partial charge is 0.507 e. The molecule has 1 saturated heterocycles. The van der Waals surface area contributed by atoms with Gasteiger partial charge >= 0.3 is 5.97 Å². The lowest BCUT2D eigenvalue weighted by Gasteiger charge is -2.20. The summed E-state index contributed by atoms with van der Waals surface area (Å²) in [5.74, 6) is -1.44. The van der Waals surface area contributed by atoms with Crippen LogP contribution in [0.15, 0.2) is 53.9 Å². The molecule has 1 aromatic rings. The van der Waals surface area contributed by atoms with Crippen LogP contribution in [0.4, 0.5) is 0 Å². The number of rotatable bonds is 6. The number of benzene rings is 1. The first-order chi connectivity index (χ1) is 15.9. The van der Waals surface area contributed by atoms with Gasteiger partial charge in [0.1, 0.15) is 42.8 Å². The summed E-state index contributed by atoms with van der Waals surface area (Å²) < 4.78 is 11.0. The van der Waals surface area contributed by atoms with Crippen molar-refractivity contribution in [3.8, 4) is 5.75 Å². The normalized spacial score (nSPS) is 28.5. The van der Waals surface area contributed by atoms with Gasteiger partial charge in [0.2, 0.25) is 5.91 Å². The van der Waals surface area contributed by atoms with E-state index in [0.717, 1.165) is 0 Å². The molecule has 0 saturated carbocycles. The van der Waals surface area contributed by atoms with E-state index >= 15 is 0 Å². The molecule has 1 aromatic carbocycles. The number of phenols is 1. The third-order valence-electron chi connectivity index (χ3n) is 5.05. The number of allylic oxidation sites excluding steroid dienone is 1. The van der Waals surface area contributed by atoms with Gasteiger partial charge in [0, 0.05) is 25.1 Å². The van der Waals surface area contributed by atoms with Crippen LogP contribution in [0.5, 0.6) is 5.75 Å². The Balaban J connectivity index is 1.72. The van der Waals surface area contributed by atoms with E-state index in [4.69, 9.17) is 9.47 Å². The maximum atomic E-state index is 12.8. The fourth-order valence-electron chi connectivity index (χ4n) is 3.39. The highest BCUT2D eigenvalue weighted by atomic mass is 16.6. The van der Waals surface area contributed by atoms with E-state index in [1.807, 2.05) is 0 Å². The van der Waals surface area contributed by atoms with Crippen molar-refractivity contribution in [3.05, 3.63) is 59.8 Å². The van der Waals surface area contributed by atoms with E-state index in [1.54, 1.807) is 18.2 Å². The Morgan fingerprint density at radius 1 is 1.33 bits per heavy atom. The van der Waals surface area contributed by atoms with E-state index in [9.17, 15) is 24.9 Å². The number of ether oxygens (including phenoxy) is 2. The molecule has 0 aliphatic carbocycles. The monoisotopic (exact) mass is 458 g/mol. The zero-order valence-corrected chi connectivity index (χ0v) is 17.9. The predicted octanol–water partition coefficient (Wildman–Crippen LogP) is 1.03. The molecule has 0 bridgehead atoms. The molecule has 1 fully saturated rings. The summed E-state index contributed by atoms with van der Waals surface area (Å²) in [6.07, 6.45) is 6.20. The predicted molar refractivity (Wildman–Crippen MR) is 118 cm³/mol. The molecule has 2 aliphatic heterocycles. The number of esters is 1. The van der Waals surface area contributed by atoms with Gasteiger partial charge in [-0.05, 0) is 17.7 Å². The van der Waals surface area contributed by atoms with Crippen LogP contribution in [0.2, 0.25) is 0 Å². The number of aliphatic hydroxyl groups is 2. The molecule has 3 unspecified atom stereocenters. The minimum atomic E-state index is -0.981. The van der Waals surface area contributed by atoms with Crippen molar-refractivity contribution in [1.82, 2.24) is 5.32 Å². The van der Waals surface area contributed by atoms with E-state index in [-0.39, 0.29) is 24.2 Å². The number of carbonyl (C=O) groups excluding carboxylic acids is 2. The standard InChI is InChI=1S/C23H26N2O8/c1-31-25-12-4-8-19(29)24-11-3-6-15-13-18(28)22-21(33-22)17(27)10-9-14-5-2-7-16(26)20(14)23(30)32-15/h2-5,7-12,15,17-18,21-22,26-28H,6,13H2,1H3,(H,24,29)/b8-4+,10-9+,11-3+,25-12?/t15?,17?,18?,21-,22+/m0/s1. The SMILES string of the molecule is CON=C/C=C/C(=O)N/C=C/CC1CC(O)[C@H]2O[C@H]2C(O)/C=C/c2cccc(O)c2C(=O)O1. The number of nitrogens with zero attached hydrogens (tertiary/aromatic N) is 1. The van der Waals surface area contributed by atoms with Gasteiger partial charge in [-0.2, -0.15) is 0 Å². The number of hydrogen-bond acceptors (Lipinski definition) is 9. The number of aliphatic hydroxyl groups excluding tert-OH is 2. The fraction of sp³-hybridized carbons (Fsp3) is 0.348. The molecule has 0 radical (unpaired) electrons. The molecule has 0 aromatic heterocycles. The van der Waals surface area contributed by atoms with Gasteiger partial charge < -0.3 is 34.9 Å². The van der Waals surface area contributed by atoms with Crippen molar-refractivity contribution in [2.45, 2.75) is 43.4 Å². The molecule has 176 valence electrons. The maximum Gasteiger partial charge on any atom is 0.342 e. The summed E-state index contributed by atoms with van der Waals surface area (Å²) in [6.45, 7) is 0. The summed E-state index contributed by atoms with van der Waals surface area (Å²) in [4.78, 5) is 29.0. The van der Waals surface area contributed by atoms with Crippen LogP contribution in [0.1, 0.15) is 28.8 Å². The Labute approximate surface area is 190 Å². The van der Waals surface area contributed by atoms with Crippen molar-refractivity contribution < 1.29 is 39.2 Å². The van der Waals surface area contributed by atoms with Crippen molar-refractivity contribution in [2.24, 2.45) is 5.16 Å². The molecule has 4 N–H and O–H groups in total. The average molecular weight is 458 g/mol. The van der Waals surface area contributed by atoms with Crippen LogP contribution in [0.25, 0.3) is 6.08 Å². The Bertz CT molecular complexity index is 971. The van der Waals surface area contributed by atoms with E-state index in [1.165, 1.54) is 49.9 Å². The third-order valence-corrected chi connectivity index (χ3v) is 5.05. The van der Waals surface area contributed by atoms with E-state index in [2.05, 4.69) is 15.3 Å². The van der Waals surface area contributed by atoms with Gasteiger partial charge in [-0.3, -0.25) is 4.79 Å². The number of aromatic hydroxyl groups is 1. The first-order valence-corrected chi connectivity index (χ1v) is 10.3. The molecule has 10 nitrogen and oxygen atoms in total. The van der Waals surface area contributed by atoms with Crippen molar-refractivity contribution in [3.63, 3.8) is 0 Å². The van der Waals surface area contributed by atoms with Crippen LogP contribution >= 0.6 is 0 Å². The second-order valence-electron chi connectivity index (χ2n) is 7.43. The molecule has 33 heavy (non-hydrogen) atoms. The summed E-state index contributed by atoms with van der Waals surface area (Å²) in [5, 5.41) is 37.0. The number of carbonyl (C=O) groups is 2. The second-order valence-corrected chi connectivity index (χ2v) is 7.43. The Hall–Kier alpha value is -3.47. The lowest BCUT2D eigenvalue weighted by molar-refractivity contribution is -0.115. The number of epoxide rings is 1. The molecular weight excluding hydrogens is 432 g/mol. The highest BCUT2D eigenvalue weighted by molar-refractivity contribution is 5.96. The van der Waals surface area contributed by atoms with Gasteiger partial charge in [-0.15, -0.1) is 0 Å². The molecular formula is C23H26N2O8. The molecule has 2 aliphatic rings. The van der Waals surface area contributed by atoms with E-state index in [0.29, 0.717) is 5.56 Å². The topological polar surface area (TPSA) is 150 Å². The first kappa shape index (κ1) is 24.2. The molecule has 2 heterocycles. The summed E-state index contributed by atoms with van der Waals surface area (Å²) in [5.41, 5.74) is 0.331. The zero-order valence-electron chi connectivity index (χ0n) is 17.9. The molecule has 10 heteroatoms. The lowest BCUT2D eigenvalue weighted by atomic mass is 10.00. The van der Waals surface area contributed by atoms with Crippen LogP contribution in [-0.4, -0.2) is 71.0 Å². The van der Waals surface area contributed by atoms with E-state index < -0.39 is 42.4 Å². The smallest absolute Gasteiger partial charge is 0.342 e. The number of amides is 1. The van der Waals surface area contributed by atoms with Gasteiger partial charge in [0.15, 0.2) is 0 Å². The van der Waals surface area contributed by atoms with Crippen molar-refractivity contribution in [1.29, 1.82) is 0 Å². The molecule has 5 atom stereocenters. The average Bonchev–Trinajstić information content (AvgIpc) is 3.58. The number of oxime groups is 1. The second kappa shape index (κ2) is 11.4. The number of nitrogens with one attached hydrogen (secondary N) is 1. The van der Waals surface area contributed by atoms with Crippen LogP contribution in [0, 0.1) is 0 Å². The zero-order chi connectivity index (χ0) is 23.8. The quantitative estimate of drug-likeness (QED) is 0.162.